The predicted octanol–water partition coefficient (Wildman–Crippen LogP) is 4.24. The molecule has 27 heavy (non-hydrogen) atoms. The first kappa shape index (κ1) is 18.0. The minimum atomic E-state index is -0.171. The summed E-state index contributed by atoms with van der Waals surface area (Å²) in [4.78, 5) is 17.1. The molecule has 0 bridgehead atoms. The van der Waals surface area contributed by atoms with Crippen molar-refractivity contribution >= 4 is 11.0 Å². The molecule has 1 heterocycles. The van der Waals surface area contributed by atoms with E-state index in [1.807, 2.05) is 18.2 Å². The topological polar surface area (TPSA) is 60.7 Å². The number of nitrogens with one attached hydrogen (secondary N) is 3. The molecule has 4 nitrogen and oxygen atoms in total. The lowest BCUT2D eigenvalue weighted by Crippen LogP contribution is -2.33. The highest BCUT2D eigenvalue weighted by Crippen LogP contribution is 2.33. The van der Waals surface area contributed by atoms with Gasteiger partial charge in [0.05, 0.1) is 11.0 Å². The normalized spacial score (nSPS) is 20.2. The van der Waals surface area contributed by atoms with E-state index >= 15 is 0 Å². The Morgan fingerprint density at radius 3 is 2.48 bits per heavy atom. The van der Waals surface area contributed by atoms with E-state index in [0.29, 0.717) is 12.0 Å². The van der Waals surface area contributed by atoms with Crippen molar-refractivity contribution in [2.24, 2.45) is 0 Å². The van der Waals surface area contributed by atoms with Crippen LogP contribution >= 0.6 is 0 Å². The van der Waals surface area contributed by atoms with Gasteiger partial charge in [-0.15, -0.1) is 0 Å². The summed E-state index contributed by atoms with van der Waals surface area (Å²) in [6.07, 6.45) is 6.78. The van der Waals surface area contributed by atoms with E-state index in [1.165, 1.54) is 48.9 Å². The first-order chi connectivity index (χ1) is 13.2. The van der Waals surface area contributed by atoms with Crippen LogP contribution in [0.1, 0.15) is 49.1 Å². The van der Waals surface area contributed by atoms with Gasteiger partial charge in [0.2, 0.25) is 0 Å². The van der Waals surface area contributed by atoms with Crippen molar-refractivity contribution in [2.45, 2.75) is 50.5 Å². The quantitative estimate of drug-likeness (QED) is 0.571. The SMILES string of the molecule is O=c1[nH]c2ccc(C3CCC(NCCCc4ccc(F)cc4)CC3)cc2[nH]1. The maximum absolute atomic E-state index is 12.9. The highest BCUT2D eigenvalue weighted by Gasteiger charge is 2.22. The van der Waals surface area contributed by atoms with Crippen LogP contribution in [0.3, 0.4) is 0 Å². The van der Waals surface area contributed by atoms with Gasteiger partial charge in [0.25, 0.3) is 0 Å². The Kier molecular flexibility index (Phi) is 5.39. The van der Waals surface area contributed by atoms with Crippen LogP contribution in [0.5, 0.6) is 0 Å². The van der Waals surface area contributed by atoms with Crippen LogP contribution in [0.15, 0.2) is 47.3 Å². The van der Waals surface area contributed by atoms with Crippen molar-refractivity contribution in [2.75, 3.05) is 6.54 Å². The van der Waals surface area contributed by atoms with Crippen LogP contribution in [0.2, 0.25) is 0 Å². The zero-order chi connectivity index (χ0) is 18.6. The summed E-state index contributed by atoms with van der Waals surface area (Å²) in [6, 6.07) is 13.7. The minimum Gasteiger partial charge on any atom is -0.314 e. The lowest BCUT2D eigenvalue weighted by Gasteiger charge is -2.29. The minimum absolute atomic E-state index is 0.143. The third kappa shape index (κ3) is 4.48. The van der Waals surface area contributed by atoms with Gasteiger partial charge in [0.1, 0.15) is 5.82 Å². The van der Waals surface area contributed by atoms with Crippen LogP contribution in [-0.4, -0.2) is 22.6 Å². The summed E-state index contributed by atoms with van der Waals surface area (Å²) >= 11 is 0. The molecule has 1 fully saturated rings. The fraction of sp³-hybridized carbons (Fsp3) is 0.409. The number of H-pyrrole nitrogens is 2. The van der Waals surface area contributed by atoms with Gasteiger partial charge in [-0.05, 0) is 86.4 Å². The van der Waals surface area contributed by atoms with E-state index in [1.54, 1.807) is 0 Å². The molecule has 0 aliphatic heterocycles. The molecule has 0 unspecified atom stereocenters. The van der Waals surface area contributed by atoms with Crippen molar-refractivity contribution in [3.63, 3.8) is 0 Å². The summed E-state index contributed by atoms with van der Waals surface area (Å²) in [5.41, 5.74) is 4.15. The number of rotatable bonds is 6. The van der Waals surface area contributed by atoms with Crippen LogP contribution in [-0.2, 0) is 6.42 Å². The van der Waals surface area contributed by atoms with Gasteiger partial charge in [0, 0.05) is 6.04 Å². The molecule has 0 saturated heterocycles. The van der Waals surface area contributed by atoms with E-state index in [9.17, 15) is 9.18 Å². The van der Waals surface area contributed by atoms with Crippen LogP contribution in [0.25, 0.3) is 11.0 Å². The average molecular weight is 367 g/mol. The molecule has 0 radical (unpaired) electrons. The molecule has 1 saturated carbocycles. The summed E-state index contributed by atoms with van der Waals surface area (Å²) < 4.78 is 12.9. The van der Waals surface area contributed by atoms with Crippen molar-refractivity contribution < 1.29 is 4.39 Å². The summed E-state index contributed by atoms with van der Waals surface area (Å²) in [5, 5.41) is 3.68. The maximum atomic E-state index is 12.9. The van der Waals surface area contributed by atoms with Gasteiger partial charge in [-0.1, -0.05) is 18.2 Å². The van der Waals surface area contributed by atoms with E-state index in [0.717, 1.165) is 30.4 Å². The number of halogens is 1. The van der Waals surface area contributed by atoms with Gasteiger partial charge in [-0.2, -0.15) is 0 Å². The van der Waals surface area contributed by atoms with Crippen molar-refractivity contribution in [3.05, 3.63) is 69.9 Å². The van der Waals surface area contributed by atoms with Gasteiger partial charge in [-0.3, -0.25) is 0 Å². The molecular weight excluding hydrogens is 341 g/mol. The molecular formula is C22H26FN3O. The smallest absolute Gasteiger partial charge is 0.314 e. The number of fused-ring (bicyclic) bond motifs is 1. The first-order valence-electron chi connectivity index (χ1n) is 9.87. The van der Waals surface area contributed by atoms with E-state index in [-0.39, 0.29) is 11.5 Å². The van der Waals surface area contributed by atoms with Crippen LogP contribution in [0.4, 0.5) is 4.39 Å². The van der Waals surface area contributed by atoms with Crippen LogP contribution in [0, 0.1) is 5.82 Å². The largest absolute Gasteiger partial charge is 0.323 e. The molecule has 1 aliphatic rings. The Morgan fingerprint density at radius 2 is 1.70 bits per heavy atom. The van der Waals surface area contributed by atoms with Crippen molar-refractivity contribution in [3.8, 4) is 0 Å². The van der Waals surface area contributed by atoms with E-state index < -0.39 is 0 Å². The highest BCUT2D eigenvalue weighted by atomic mass is 19.1. The molecule has 142 valence electrons. The molecule has 0 amide bonds. The predicted molar refractivity (Wildman–Crippen MR) is 107 cm³/mol. The molecule has 0 atom stereocenters. The third-order valence-corrected chi connectivity index (χ3v) is 5.73. The van der Waals surface area contributed by atoms with Gasteiger partial charge >= 0.3 is 5.69 Å². The molecule has 5 heteroatoms. The summed E-state index contributed by atoms with van der Waals surface area (Å²) in [5.74, 6) is 0.403. The zero-order valence-electron chi connectivity index (χ0n) is 15.4. The van der Waals surface area contributed by atoms with Crippen molar-refractivity contribution in [1.29, 1.82) is 0 Å². The van der Waals surface area contributed by atoms with Gasteiger partial charge in [-0.25, -0.2) is 9.18 Å². The lowest BCUT2D eigenvalue weighted by molar-refractivity contribution is 0.342. The third-order valence-electron chi connectivity index (χ3n) is 5.73. The van der Waals surface area contributed by atoms with Crippen molar-refractivity contribution in [1.82, 2.24) is 15.3 Å². The summed E-state index contributed by atoms with van der Waals surface area (Å²) in [7, 11) is 0. The average Bonchev–Trinajstić information content (AvgIpc) is 3.06. The highest BCUT2D eigenvalue weighted by molar-refractivity contribution is 5.75. The molecule has 1 aliphatic carbocycles. The number of hydrogen-bond acceptors (Lipinski definition) is 2. The zero-order valence-corrected chi connectivity index (χ0v) is 15.4. The lowest BCUT2D eigenvalue weighted by atomic mass is 9.81. The Bertz CT molecular complexity index is 936. The number of aromatic nitrogens is 2. The van der Waals surface area contributed by atoms with E-state index in [2.05, 4.69) is 27.4 Å². The van der Waals surface area contributed by atoms with E-state index in [4.69, 9.17) is 0 Å². The second-order valence-corrected chi connectivity index (χ2v) is 7.62. The number of aryl methyl sites for hydroxylation is 1. The van der Waals surface area contributed by atoms with Gasteiger partial charge < -0.3 is 15.3 Å². The number of aromatic amines is 2. The number of imidazole rings is 1. The fourth-order valence-electron chi connectivity index (χ4n) is 4.18. The van der Waals surface area contributed by atoms with Crippen LogP contribution < -0.4 is 11.0 Å². The Balaban J connectivity index is 1.22. The standard InChI is InChI=1S/C22H26FN3O/c23-18-8-3-15(4-9-18)2-1-13-24-19-10-5-16(6-11-19)17-7-12-20-21(14-17)26-22(27)25-20/h3-4,7-9,12,14,16,19,24H,1-2,5-6,10-11,13H2,(H2,25,26,27). The molecule has 4 rings (SSSR count). The molecule has 3 aromatic rings. The Morgan fingerprint density at radius 1 is 0.963 bits per heavy atom. The second kappa shape index (κ2) is 8.09. The first-order valence-corrected chi connectivity index (χ1v) is 9.87. The molecule has 2 aromatic carbocycles. The fourth-order valence-corrected chi connectivity index (χ4v) is 4.18. The Hall–Kier alpha value is -2.40. The number of hydrogen-bond donors (Lipinski definition) is 3. The Labute approximate surface area is 158 Å². The second-order valence-electron chi connectivity index (χ2n) is 7.62. The summed E-state index contributed by atoms with van der Waals surface area (Å²) in [6.45, 7) is 1.00. The molecule has 0 spiro atoms. The maximum Gasteiger partial charge on any atom is 0.323 e. The monoisotopic (exact) mass is 367 g/mol. The molecule has 3 N–H and O–H groups in total. The van der Waals surface area contributed by atoms with Gasteiger partial charge in [0.15, 0.2) is 0 Å². The number of benzene rings is 2. The molecule has 1 aromatic heterocycles.